The van der Waals surface area contributed by atoms with Gasteiger partial charge in [-0.25, -0.2) is 0 Å². The first-order valence-corrected chi connectivity index (χ1v) is 5.98. The number of hydrogen-bond acceptors (Lipinski definition) is 4. The number of hydrogen-bond donors (Lipinski definition) is 2. The van der Waals surface area contributed by atoms with Gasteiger partial charge in [0.15, 0.2) is 5.76 Å². The highest BCUT2D eigenvalue weighted by Gasteiger charge is 2.13. The minimum Gasteiger partial charge on any atom is -0.455 e. The molecular weight excluding hydrogens is 242 g/mol. The molecule has 0 bridgehead atoms. The summed E-state index contributed by atoms with van der Waals surface area (Å²) in [6.07, 6.45) is 0. The van der Waals surface area contributed by atoms with Crippen LogP contribution >= 0.6 is 0 Å². The second kappa shape index (κ2) is 5.58. The molecule has 19 heavy (non-hydrogen) atoms. The van der Waals surface area contributed by atoms with Gasteiger partial charge in [0.2, 0.25) is 0 Å². The normalized spacial score (nSPS) is 10.3. The maximum atomic E-state index is 12.1. The van der Waals surface area contributed by atoms with Crippen LogP contribution in [-0.4, -0.2) is 20.0 Å². The first-order chi connectivity index (χ1) is 9.11. The van der Waals surface area contributed by atoms with Crippen LogP contribution in [0.2, 0.25) is 0 Å². The molecule has 5 heteroatoms. The molecule has 3 N–H and O–H groups in total. The molecule has 0 aliphatic carbocycles. The summed E-state index contributed by atoms with van der Waals surface area (Å²) in [4.78, 5) is 14.0. The molecule has 0 aliphatic rings. The average Bonchev–Trinajstić information content (AvgIpc) is 2.88. The van der Waals surface area contributed by atoms with Crippen LogP contribution in [-0.2, 0) is 6.54 Å². The van der Waals surface area contributed by atoms with Crippen LogP contribution in [0.25, 0.3) is 0 Å². The minimum absolute atomic E-state index is 0.258. The summed E-state index contributed by atoms with van der Waals surface area (Å²) in [5.41, 5.74) is 7.12. The Morgan fingerprint density at radius 1 is 1.26 bits per heavy atom. The van der Waals surface area contributed by atoms with Crippen molar-refractivity contribution in [3.05, 3.63) is 47.9 Å². The van der Waals surface area contributed by atoms with E-state index in [0.717, 1.165) is 11.4 Å². The van der Waals surface area contributed by atoms with Crippen LogP contribution in [0.3, 0.4) is 0 Å². The number of benzene rings is 1. The summed E-state index contributed by atoms with van der Waals surface area (Å²) in [5.74, 6) is 0.564. The van der Waals surface area contributed by atoms with Crippen LogP contribution < -0.4 is 16.0 Å². The fraction of sp³-hybridized carbons (Fsp3) is 0.214. The maximum Gasteiger partial charge on any atom is 0.291 e. The summed E-state index contributed by atoms with van der Waals surface area (Å²) < 4.78 is 5.32. The van der Waals surface area contributed by atoms with E-state index < -0.39 is 0 Å². The van der Waals surface area contributed by atoms with Crippen molar-refractivity contribution in [2.24, 2.45) is 5.73 Å². The van der Waals surface area contributed by atoms with Crippen molar-refractivity contribution in [3.8, 4) is 0 Å². The molecule has 1 heterocycles. The van der Waals surface area contributed by atoms with Gasteiger partial charge in [-0.05, 0) is 24.3 Å². The first kappa shape index (κ1) is 13.2. The number of anilines is 2. The van der Waals surface area contributed by atoms with E-state index in [-0.39, 0.29) is 18.2 Å². The average molecular weight is 259 g/mol. The highest BCUT2D eigenvalue weighted by molar-refractivity contribution is 6.04. The highest BCUT2D eigenvalue weighted by Crippen LogP contribution is 2.24. The van der Waals surface area contributed by atoms with E-state index in [0.29, 0.717) is 5.76 Å². The van der Waals surface area contributed by atoms with E-state index >= 15 is 0 Å². The molecule has 2 rings (SSSR count). The van der Waals surface area contributed by atoms with Crippen LogP contribution in [0.1, 0.15) is 16.3 Å². The molecule has 1 aromatic heterocycles. The SMILES string of the molecule is CN(C)c1ccccc1NC(=O)c1ccc(CN)o1. The summed E-state index contributed by atoms with van der Waals surface area (Å²) in [5, 5.41) is 2.83. The molecule has 0 aliphatic heterocycles. The number of nitrogens with two attached hydrogens (primary N) is 1. The van der Waals surface area contributed by atoms with E-state index in [1.54, 1.807) is 12.1 Å². The number of rotatable bonds is 4. The molecule has 0 fully saturated rings. The number of amides is 1. The fourth-order valence-corrected chi connectivity index (χ4v) is 1.76. The molecule has 1 aromatic carbocycles. The molecule has 1 amide bonds. The molecule has 5 nitrogen and oxygen atoms in total. The van der Waals surface area contributed by atoms with Crippen molar-refractivity contribution in [2.75, 3.05) is 24.3 Å². The van der Waals surface area contributed by atoms with Gasteiger partial charge in [-0.15, -0.1) is 0 Å². The Labute approximate surface area is 112 Å². The molecule has 0 spiro atoms. The number of furan rings is 1. The van der Waals surface area contributed by atoms with Crippen molar-refractivity contribution in [1.29, 1.82) is 0 Å². The lowest BCUT2D eigenvalue weighted by molar-refractivity contribution is 0.0995. The Morgan fingerprint density at radius 2 is 2.00 bits per heavy atom. The summed E-state index contributed by atoms with van der Waals surface area (Å²) in [6.45, 7) is 0.279. The Hall–Kier alpha value is -2.27. The first-order valence-electron chi connectivity index (χ1n) is 5.98. The maximum absolute atomic E-state index is 12.1. The van der Waals surface area contributed by atoms with Gasteiger partial charge in [0.1, 0.15) is 5.76 Å². The zero-order valence-corrected chi connectivity index (χ0v) is 11.0. The number of para-hydroxylation sites is 2. The van der Waals surface area contributed by atoms with Gasteiger partial charge >= 0.3 is 0 Å². The largest absolute Gasteiger partial charge is 0.455 e. The zero-order chi connectivity index (χ0) is 13.8. The Kier molecular flexibility index (Phi) is 3.87. The summed E-state index contributed by atoms with van der Waals surface area (Å²) in [6, 6.07) is 10.9. The lowest BCUT2D eigenvalue weighted by atomic mass is 10.2. The highest BCUT2D eigenvalue weighted by atomic mass is 16.4. The monoisotopic (exact) mass is 259 g/mol. The van der Waals surface area contributed by atoms with Gasteiger partial charge in [0, 0.05) is 14.1 Å². The standard InChI is InChI=1S/C14H17N3O2/c1-17(2)12-6-4-3-5-11(12)16-14(18)13-8-7-10(9-15)19-13/h3-8H,9,15H2,1-2H3,(H,16,18). The molecule has 0 unspecified atom stereocenters. The van der Waals surface area contributed by atoms with Gasteiger partial charge in [-0.3, -0.25) is 4.79 Å². The van der Waals surface area contributed by atoms with Crippen LogP contribution in [0.5, 0.6) is 0 Å². The molecule has 0 radical (unpaired) electrons. The predicted octanol–water partition coefficient (Wildman–Crippen LogP) is 2.06. The Morgan fingerprint density at radius 3 is 2.63 bits per heavy atom. The van der Waals surface area contributed by atoms with E-state index in [2.05, 4.69) is 5.32 Å². The van der Waals surface area contributed by atoms with Crippen LogP contribution in [0.4, 0.5) is 11.4 Å². The van der Waals surface area contributed by atoms with Crippen molar-refractivity contribution in [3.63, 3.8) is 0 Å². The van der Waals surface area contributed by atoms with E-state index in [1.807, 2.05) is 43.3 Å². The number of nitrogens with one attached hydrogen (secondary N) is 1. The van der Waals surface area contributed by atoms with Gasteiger partial charge < -0.3 is 20.4 Å². The van der Waals surface area contributed by atoms with E-state index in [1.165, 1.54) is 0 Å². The van der Waals surface area contributed by atoms with Crippen LogP contribution in [0, 0.1) is 0 Å². The quantitative estimate of drug-likeness (QED) is 0.881. The molecular formula is C14H17N3O2. The summed E-state index contributed by atoms with van der Waals surface area (Å²) in [7, 11) is 3.84. The smallest absolute Gasteiger partial charge is 0.291 e. The van der Waals surface area contributed by atoms with Crippen molar-refractivity contribution < 1.29 is 9.21 Å². The number of carbonyl (C=O) groups excluding carboxylic acids is 1. The minimum atomic E-state index is -0.283. The topological polar surface area (TPSA) is 71.5 Å². The lowest BCUT2D eigenvalue weighted by Crippen LogP contribution is -2.16. The second-order valence-corrected chi connectivity index (χ2v) is 4.34. The fourth-order valence-electron chi connectivity index (χ4n) is 1.76. The third kappa shape index (κ3) is 2.95. The van der Waals surface area contributed by atoms with E-state index in [9.17, 15) is 4.79 Å². The second-order valence-electron chi connectivity index (χ2n) is 4.34. The van der Waals surface area contributed by atoms with Crippen molar-refractivity contribution >= 4 is 17.3 Å². The molecule has 2 aromatic rings. The molecule has 0 atom stereocenters. The Balaban J connectivity index is 2.19. The van der Waals surface area contributed by atoms with Crippen molar-refractivity contribution in [1.82, 2.24) is 0 Å². The van der Waals surface area contributed by atoms with E-state index in [4.69, 9.17) is 10.2 Å². The van der Waals surface area contributed by atoms with Gasteiger partial charge in [-0.2, -0.15) is 0 Å². The van der Waals surface area contributed by atoms with Gasteiger partial charge in [0.25, 0.3) is 5.91 Å². The van der Waals surface area contributed by atoms with Crippen molar-refractivity contribution in [2.45, 2.75) is 6.54 Å². The molecule has 100 valence electrons. The molecule has 0 saturated carbocycles. The van der Waals surface area contributed by atoms with Gasteiger partial charge in [-0.1, -0.05) is 12.1 Å². The van der Waals surface area contributed by atoms with Gasteiger partial charge in [0.05, 0.1) is 17.9 Å². The molecule has 0 saturated heterocycles. The predicted molar refractivity (Wildman–Crippen MR) is 75.3 cm³/mol. The lowest BCUT2D eigenvalue weighted by Gasteiger charge is -2.17. The third-order valence-electron chi connectivity index (χ3n) is 2.72. The zero-order valence-electron chi connectivity index (χ0n) is 11.0. The van der Waals surface area contributed by atoms with Crippen LogP contribution in [0.15, 0.2) is 40.8 Å². The number of nitrogens with zero attached hydrogens (tertiary/aromatic N) is 1. The third-order valence-corrected chi connectivity index (χ3v) is 2.72. The Bertz CT molecular complexity index is 576. The number of carbonyl (C=O) groups is 1. The summed E-state index contributed by atoms with van der Waals surface area (Å²) >= 11 is 0.